The van der Waals surface area contributed by atoms with Crippen LogP contribution in [0.1, 0.15) is 40.5 Å². The summed E-state index contributed by atoms with van der Waals surface area (Å²) in [6.45, 7) is 2.83. The number of benzene rings is 2. The molecule has 27 heavy (non-hydrogen) atoms. The van der Waals surface area contributed by atoms with E-state index in [1.54, 1.807) is 4.90 Å². The molecule has 1 atom stereocenters. The first-order chi connectivity index (χ1) is 13.0. The van der Waals surface area contributed by atoms with Gasteiger partial charge in [0.1, 0.15) is 5.82 Å². The molecule has 2 heterocycles. The van der Waals surface area contributed by atoms with E-state index in [0.717, 1.165) is 29.3 Å². The van der Waals surface area contributed by atoms with Crippen molar-refractivity contribution in [3.05, 3.63) is 77.1 Å². The number of phenols is 1. The zero-order valence-corrected chi connectivity index (χ0v) is 14.8. The molecule has 7 heteroatoms. The molecule has 0 spiro atoms. The van der Waals surface area contributed by atoms with Gasteiger partial charge < -0.3 is 14.6 Å². The van der Waals surface area contributed by atoms with Crippen LogP contribution in [0.3, 0.4) is 0 Å². The summed E-state index contributed by atoms with van der Waals surface area (Å²) in [4.78, 5) is 14.4. The number of amides is 1. The van der Waals surface area contributed by atoms with Gasteiger partial charge in [0.05, 0.1) is 12.6 Å². The number of fused-ring (bicyclic) bond motifs is 1. The molecular formula is C20H19FN4O2. The van der Waals surface area contributed by atoms with Crippen LogP contribution in [0.15, 0.2) is 48.5 Å². The third-order valence-electron chi connectivity index (χ3n) is 4.78. The largest absolute Gasteiger partial charge is 0.505 e. The molecule has 1 aliphatic rings. The number of nitrogens with zero attached hydrogens (tertiary/aromatic N) is 4. The van der Waals surface area contributed by atoms with Crippen LogP contribution in [0.5, 0.6) is 5.75 Å². The van der Waals surface area contributed by atoms with Gasteiger partial charge in [-0.05, 0) is 30.7 Å². The lowest BCUT2D eigenvalue weighted by Gasteiger charge is -2.32. The van der Waals surface area contributed by atoms with E-state index in [0.29, 0.717) is 19.5 Å². The van der Waals surface area contributed by atoms with Gasteiger partial charge in [0.2, 0.25) is 0 Å². The van der Waals surface area contributed by atoms with Crippen molar-refractivity contribution in [3.8, 4) is 5.75 Å². The van der Waals surface area contributed by atoms with Crippen molar-refractivity contribution in [2.45, 2.75) is 25.9 Å². The number of hydrogen-bond donors (Lipinski definition) is 1. The first kappa shape index (κ1) is 17.2. The summed E-state index contributed by atoms with van der Waals surface area (Å²) in [7, 11) is 0. The van der Waals surface area contributed by atoms with Gasteiger partial charge in [0.15, 0.2) is 17.4 Å². The molecule has 138 valence electrons. The molecule has 0 fully saturated rings. The number of rotatable bonds is 3. The van der Waals surface area contributed by atoms with Crippen LogP contribution in [-0.4, -0.2) is 37.2 Å². The van der Waals surface area contributed by atoms with Gasteiger partial charge >= 0.3 is 0 Å². The Hall–Kier alpha value is -3.22. The first-order valence-electron chi connectivity index (χ1n) is 8.77. The summed E-state index contributed by atoms with van der Waals surface area (Å²) >= 11 is 0. The number of hydrogen-bond acceptors (Lipinski definition) is 4. The fourth-order valence-corrected chi connectivity index (χ4v) is 3.50. The average Bonchev–Trinajstić information content (AvgIpc) is 3.07. The van der Waals surface area contributed by atoms with Crippen LogP contribution in [-0.2, 0) is 13.0 Å². The third-order valence-corrected chi connectivity index (χ3v) is 4.78. The zero-order valence-electron chi connectivity index (χ0n) is 14.8. The van der Waals surface area contributed by atoms with Gasteiger partial charge in [-0.3, -0.25) is 4.79 Å². The van der Waals surface area contributed by atoms with Crippen molar-refractivity contribution < 1.29 is 14.3 Å². The maximum absolute atomic E-state index is 13.2. The molecule has 1 aromatic heterocycles. The van der Waals surface area contributed by atoms with Crippen LogP contribution in [0.2, 0.25) is 0 Å². The summed E-state index contributed by atoms with van der Waals surface area (Å²) in [5.41, 5.74) is 1.40. The molecule has 0 saturated heterocycles. The van der Waals surface area contributed by atoms with Gasteiger partial charge in [-0.2, -0.15) is 0 Å². The van der Waals surface area contributed by atoms with Crippen LogP contribution < -0.4 is 0 Å². The standard InChI is InChI=1S/C20H19FN4O2/c1-13-11-24(20(27)15-7-8-16(21)17(26)10-15)12-19-23-22-18(25(13)19)9-14-5-3-2-4-6-14/h2-8,10,13,26H,9,11-12H2,1H3/t13-/m0/s1. The molecule has 1 aliphatic heterocycles. The lowest BCUT2D eigenvalue weighted by molar-refractivity contribution is 0.0679. The molecule has 4 rings (SSSR count). The summed E-state index contributed by atoms with van der Waals surface area (Å²) in [6.07, 6.45) is 0.679. The van der Waals surface area contributed by atoms with Gasteiger partial charge in [-0.25, -0.2) is 4.39 Å². The fourth-order valence-electron chi connectivity index (χ4n) is 3.50. The van der Waals surface area contributed by atoms with Crippen LogP contribution >= 0.6 is 0 Å². The highest BCUT2D eigenvalue weighted by atomic mass is 19.1. The summed E-state index contributed by atoms with van der Waals surface area (Å²) in [5, 5.41) is 18.1. The molecule has 1 N–H and O–H groups in total. The highest BCUT2D eigenvalue weighted by molar-refractivity contribution is 5.94. The van der Waals surface area contributed by atoms with Crippen LogP contribution in [0.25, 0.3) is 0 Å². The van der Waals surface area contributed by atoms with E-state index in [1.807, 2.05) is 37.3 Å². The third kappa shape index (κ3) is 3.28. The second-order valence-corrected chi connectivity index (χ2v) is 6.77. The molecule has 0 radical (unpaired) electrons. The molecule has 0 saturated carbocycles. The highest BCUT2D eigenvalue weighted by Gasteiger charge is 2.29. The number of halogens is 1. The lowest BCUT2D eigenvalue weighted by atomic mass is 10.1. The molecule has 2 aromatic carbocycles. The predicted molar refractivity (Wildman–Crippen MR) is 96.8 cm³/mol. The minimum atomic E-state index is -0.746. The first-order valence-corrected chi connectivity index (χ1v) is 8.77. The Balaban J connectivity index is 1.57. The summed E-state index contributed by atoms with van der Waals surface area (Å²) < 4.78 is 15.3. The zero-order chi connectivity index (χ0) is 19.0. The molecular weight excluding hydrogens is 347 g/mol. The summed E-state index contributed by atoms with van der Waals surface area (Å²) in [5.74, 6) is 0.0497. The topological polar surface area (TPSA) is 71.2 Å². The number of aromatic nitrogens is 3. The monoisotopic (exact) mass is 366 g/mol. The van der Waals surface area contributed by atoms with Gasteiger partial charge in [-0.1, -0.05) is 30.3 Å². The average molecular weight is 366 g/mol. The van der Waals surface area contributed by atoms with E-state index in [2.05, 4.69) is 14.8 Å². The number of aromatic hydroxyl groups is 1. The Labute approximate surface area is 155 Å². The molecule has 3 aromatic rings. The fraction of sp³-hybridized carbons (Fsp3) is 0.250. The minimum Gasteiger partial charge on any atom is -0.505 e. The second-order valence-electron chi connectivity index (χ2n) is 6.77. The molecule has 0 unspecified atom stereocenters. The van der Waals surface area contributed by atoms with E-state index in [-0.39, 0.29) is 17.5 Å². The Bertz CT molecular complexity index is 987. The highest BCUT2D eigenvalue weighted by Crippen LogP contribution is 2.25. The smallest absolute Gasteiger partial charge is 0.254 e. The Morgan fingerprint density at radius 3 is 2.74 bits per heavy atom. The molecule has 1 amide bonds. The van der Waals surface area contributed by atoms with E-state index < -0.39 is 11.6 Å². The van der Waals surface area contributed by atoms with E-state index >= 15 is 0 Å². The quantitative estimate of drug-likeness (QED) is 0.774. The number of phenolic OH excluding ortho intramolecular Hbond substituents is 1. The van der Waals surface area contributed by atoms with E-state index in [4.69, 9.17) is 0 Å². The van der Waals surface area contributed by atoms with Gasteiger partial charge in [-0.15, -0.1) is 10.2 Å². The molecule has 0 bridgehead atoms. The van der Waals surface area contributed by atoms with Gasteiger partial charge in [0, 0.05) is 18.5 Å². The van der Waals surface area contributed by atoms with Crippen molar-refractivity contribution in [2.24, 2.45) is 0 Å². The van der Waals surface area contributed by atoms with Crippen molar-refractivity contribution >= 4 is 5.91 Å². The number of carbonyl (C=O) groups excluding carboxylic acids is 1. The van der Waals surface area contributed by atoms with E-state index in [9.17, 15) is 14.3 Å². The van der Waals surface area contributed by atoms with Crippen molar-refractivity contribution in [3.63, 3.8) is 0 Å². The SMILES string of the molecule is C[C@H]1CN(C(=O)c2ccc(F)c(O)c2)Cc2nnc(Cc3ccccc3)n21. The molecule has 0 aliphatic carbocycles. The Morgan fingerprint density at radius 2 is 2.00 bits per heavy atom. The molecule has 6 nitrogen and oxygen atoms in total. The van der Waals surface area contributed by atoms with Crippen LogP contribution in [0.4, 0.5) is 4.39 Å². The maximum atomic E-state index is 13.2. The van der Waals surface area contributed by atoms with Crippen molar-refractivity contribution in [2.75, 3.05) is 6.54 Å². The maximum Gasteiger partial charge on any atom is 0.254 e. The van der Waals surface area contributed by atoms with Crippen molar-refractivity contribution in [1.82, 2.24) is 19.7 Å². The van der Waals surface area contributed by atoms with Crippen molar-refractivity contribution in [1.29, 1.82) is 0 Å². The van der Waals surface area contributed by atoms with Crippen LogP contribution in [0, 0.1) is 5.82 Å². The summed E-state index contributed by atoms with van der Waals surface area (Å²) in [6, 6.07) is 13.7. The Morgan fingerprint density at radius 1 is 1.22 bits per heavy atom. The normalized spacial score (nSPS) is 16.2. The van der Waals surface area contributed by atoms with E-state index in [1.165, 1.54) is 6.07 Å². The Kier molecular flexibility index (Phi) is 4.35. The minimum absolute atomic E-state index is 0.0143. The number of carbonyl (C=O) groups is 1. The predicted octanol–water partition coefficient (Wildman–Crippen LogP) is 2.93. The second kappa shape index (κ2) is 6.83. The lowest BCUT2D eigenvalue weighted by Crippen LogP contribution is -2.40. The van der Waals surface area contributed by atoms with Gasteiger partial charge in [0.25, 0.3) is 5.91 Å².